The summed E-state index contributed by atoms with van der Waals surface area (Å²) in [6.45, 7) is 0. The van der Waals surface area contributed by atoms with Crippen LogP contribution in [0.4, 0.5) is 28.8 Å². The first-order valence-corrected chi connectivity index (χ1v) is 9.96. The molecule has 0 bridgehead atoms. The van der Waals surface area contributed by atoms with E-state index in [1.54, 1.807) is 11.3 Å². The number of hydrogen-bond acceptors (Lipinski definition) is 7. The van der Waals surface area contributed by atoms with Gasteiger partial charge in [0, 0.05) is 29.0 Å². The maximum atomic E-state index is 5.96. The summed E-state index contributed by atoms with van der Waals surface area (Å²) in [5, 5.41) is 13.5. The molecule has 0 amide bonds. The lowest BCUT2D eigenvalue weighted by atomic mass is 10.1. The number of benzene rings is 2. The van der Waals surface area contributed by atoms with E-state index in [-0.39, 0.29) is 0 Å². The van der Waals surface area contributed by atoms with Gasteiger partial charge < -0.3 is 10.6 Å². The summed E-state index contributed by atoms with van der Waals surface area (Å²) < 4.78 is 1.01. The fourth-order valence-electron chi connectivity index (χ4n) is 3.01. The molecule has 2 aromatic carbocycles. The van der Waals surface area contributed by atoms with Gasteiger partial charge in [0.2, 0.25) is 5.95 Å². The van der Waals surface area contributed by atoms with Gasteiger partial charge in [0.25, 0.3) is 0 Å². The molecule has 3 heterocycles. The number of thiophene rings is 1. The van der Waals surface area contributed by atoms with Crippen molar-refractivity contribution in [3.63, 3.8) is 0 Å². The van der Waals surface area contributed by atoms with Gasteiger partial charge in [-0.2, -0.15) is 10.1 Å². The molecule has 1 aliphatic heterocycles. The second-order valence-corrected chi connectivity index (χ2v) is 7.64. The highest BCUT2D eigenvalue weighted by molar-refractivity contribution is 7.17. The zero-order valence-corrected chi connectivity index (χ0v) is 16.2. The summed E-state index contributed by atoms with van der Waals surface area (Å²) in [6.07, 6.45) is 2.67. The summed E-state index contributed by atoms with van der Waals surface area (Å²) in [5.41, 5.74) is 7.99. The van der Waals surface area contributed by atoms with Gasteiger partial charge in [0.05, 0.1) is 15.9 Å². The molecule has 0 fully saturated rings. The van der Waals surface area contributed by atoms with Crippen LogP contribution in [0.3, 0.4) is 0 Å². The van der Waals surface area contributed by atoms with Crippen LogP contribution in [0.15, 0.2) is 59.0 Å². The number of rotatable bonds is 4. The van der Waals surface area contributed by atoms with Gasteiger partial charge >= 0.3 is 0 Å². The normalized spacial score (nSPS) is 12.5. The zero-order valence-electron chi connectivity index (χ0n) is 14.6. The Hall–Kier alpha value is -3.16. The second kappa shape index (κ2) is 7.10. The minimum absolute atomic E-state index is 0.530. The van der Waals surface area contributed by atoms with E-state index in [2.05, 4.69) is 32.2 Å². The summed E-state index contributed by atoms with van der Waals surface area (Å²) in [7, 11) is 0. The molecule has 0 saturated carbocycles. The molecule has 0 saturated heterocycles. The van der Waals surface area contributed by atoms with Crippen molar-refractivity contribution in [2.45, 2.75) is 6.42 Å². The number of hydrogen-bond donors (Lipinski definition) is 3. The lowest BCUT2D eigenvalue weighted by Crippen LogP contribution is -2.05. The maximum Gasteiger partial charge on any atom is 0.229 e. The quantitative estimate of drug-likeness (QED) is 0.400. The van der Waals surface area contributed by atoms with Crippen molar-refractivity contribution in [3.05, 3.63) is 64.5 Å². The van der Waals surface area contributed by atoms with E-state index >= 15 is 0 Å². The molecular weight excluding hydrogens is 392 g/mol. The van der Waals surface area contributed by atoms with Crippen molar-refractivity contribution >= 4 is 68.2 Å². The van der Waals surface area contributed by atoms with Crippen molar-refractivity contribution in [2.75, 3.05) is 16.1 Å². The number of hydrazone groups is 1. The molecule has 6 nitrogen and oxygen atoms in total. The van der Waals surface area contributed by atoms with Crippen LogP contribution in [-0.2, 0) is 6.42 Å². The van der Waals surface area contributed by atoms with E-state index in [1.807, 2.05) is 54.1 Å². The van der Waals surface area contributed by atoms with Crippen LogP contribution in [0, 0.1) is 0 Å². The standard InChI is InChI=1S/C20H15ClN6S/c21-13-1-3-14(4-2-13)24-20-25-17-8-10-28-18(17)19(26-20)23-15-5-6-16-12(11-15)7-9-22-27-16/h1-6,8-11,27H,7H2,(H2,23,24,25,26). The van der Waals surface area contributed by atoms with Crippen molar-refractivity contribution in [3.8, 4) is 0 Å². The molecule has 4 aromatic rings. The van der Waals surface area contributed by atoms with E-state index in [9.17, 15) is 0 Å². The van der Waals surface area contributed by atoms with E-state index in [4.69, 9.17) is 16.6 Å². The van der Waals surface area contributed by atoms with Gasteiger partial charge in [-0.1, -0.05) is 11.6 Å². The molecule has 8 heteroatoms. The lowest BCUT2D eigenvalue weighted by molar-refractivity contribution is 1.20. The van der Waals surface area contributed by atoms with Gasteiger partial charge in [-0.3, -0.25) is 5.43 Å². The fraction of sp³-hybridized carbons (Fsp3) is 0.0500. The largest absolute Gasteiger partial charge is 0.339 e. The molecule has 5 rings (SSSR count). The Morgan fingerprint density at radius 1 is 0.964 bits per heavy atom. The molecule has 0 radical (unpaired) electrons. The highest BCUT2D eigenvalue weighted by atomic mass is 35.5. The minimum Gasteiger partial charge on any atom is -0.339 e. The third-order valence-corrected chi connectivity index (χ3v) is 5.52. The zero-order chi connectivity index (χ0) is 18.9. The first-order chi connectivity index (χ1) is 13.7. The Balaban J connectivity index is 1.48. The predicted octanol–water partition coefficient (Wildman–Crippen LogP) is 5.79. The van der Waals surface area contributed by atoms with Crippen molar-refractivity contribution in [1.82, 2.24) is 9.97 Å². The minimum atomic E-state index is 0.530. The van der Waals surface area contributed by atoms with Gasteiger partial charge in [-0.05, 0) is 59.5 Å². The highest BCUT2D eigenvalue weighted by Crippen LogP contribution is 2.32. The topological polar surface area (TPSA) is 74.2 Å². The van der Waals surface area contributed by atoms with Gasteiger partial charge in [-0.15, -0.1) is 11.3 Å². The van der Waals surface area contributed by atoms with E-state index in [0.29, 0.717) is 11.0 Å². The predicted molar refractivity (Wildman–Crippen MR) is 118 cm³/mol. The van der Waals surface area contributed by atoms with E-state index in [0.717, 1.165) is 39.5 Å². The number of aromatic nitrogens is 2. The van der Waals surface area contributed by atoms with Crippen molar-refractivity contribution in [1.29, 1.82) is 0 Å². The average molecular weight is 407 g/mol. The first kappa shape index (κ1) is 17.0. The molecule has 138 valence electrons. The molecule has 28 heavy (non-hydrogen) atoms. The average Bonchev–Trinajstić information content (AvgIpc) is 3.19. The van der Waals surface area contributed by atoms with Crippen LogP contribution >= 0.6 is 22.9 Å². The van der Waals surface area contributed by atoms with Crippen molar-refractivity contribution in [2.24, 2.45) is 5.10 Å². The molecule has 0 atom stereocenters. The fourth-order valence-corrected chi connectivity index (χ4v) is 3.91. The number of halogens is 1. The number of anilines is 5. The summed E-state index contributed by atoms with van der Waals surface area (Å²) in [6, 6.07) is 15.6. The SMILES string of the molecule is Clc1ccc(Nc2nc(Nc3ccc4c(c3)CC=NN4)c3sccc3n2)cc1. The van der Waals surface area contributed by atoms with Crippen LogP contribution in [0.5, 0.6) is 0 Å². The summed E-state index contributed by atoms with van der Waals surface area (Å²) in [5.74, 6) is 1.30. The Labute approximate surface area is 170 Å². The maximum absolute atomic E-state index is 5.96. The van der Waals surface area contributed by atoms with Crippen LogP contribution in [0.25, 0.3) is 10.2 Å². The third-order valence-electron chi connectivity index (χ3n) is 4.36. The molecule has 2 aromatic heterocycles. The summed E-state index contributed by atoms with van der Waals surface area (Å²) in [4.78, 5) is 9.31. The second-order valence-electron chi connectivity index (χ2n) is 6.29. The third kappa shape index (κ3) is 3.37. The van der Waals surface area contributed by atoms with E-state index < -0.39 is 0 Å². The molecule has 0 spiro atoms. The van der Waals surface area contributed by atoms with Crippen LogP contribution in [0.1, 0.15) is 5.56 Å². The smallest absolute Gasteiger partial charge is 0.229 e. The Bertz CT molecular complexity index is 1190. The number of fused-ring (bicyclic) bond motifs is 2. The monoisotopic (exact) mass is 406 g/mol. The van der Waals surface area contributed by atoms with E-state index in [1.165, 1.54) is 5.56 Å². The summed E-state index contributed by atoms with van der Waals surface area (Å²) >= 11 is 7.58. The van der Waals surface area contributed by atoms with Gasteiger partial charge in [0.15, 0.2) is 5.82 Å². The lowest BCUT2D eigenvalue weighted by Gasteiger charge is -2.15. The first-order valence-electron chi connectivity index (χ1n) is 8.70. The van der Waals surface area contributed by atoms with Crippen LogP contribution < -0.4 is 16.1 Å². The molecule has 3 N–H and O–H groups in total. The molecule has 1 aliphatic rings. The van der Waals surface area contributed by atoms with Gasteiger partial charge in [-0.25, -0.2) is 4.98 Å². The van der Waals surface area contributed by atoms with Crippen LogP contribution in [0.2, 0.25) is 5.02 Å². The highest BCUT2D eigenvalue weighted by Gasteiger charge is 2.12. The Kier molecular flexibility index (Phi) is 4.31. The Morgan fingerprint density at radius 3 is 2.71 bits per heavy atom. The van der Waals surface area contributed by atoms with Crippen LogP contribution in [-0.4, -0.2) is 16.2 Å². The van der Waals surface area contributed by atoms with Gasteiger partial charge in [0.1, 0.15) is 0 Å². The molecule has 0 aliphatic carbocycles. The molecule has 0 unspecified atom stereocenters. The number of nitrogens with one attached hydrogen (secondary N) is 3. The van der Waals surface area contributed by atoms with Crippen molar-refractivity contribution < 1.29 is 0 Å². The Morgan fingerprint density at radius 2 is 1.82 bits per heavy atom. The number of nitrogens with zero attached hydrogens (tertiary/aromatic N) is 3. The molecular formula is C20H15ClN6S.